The molecule has 0 bridgehead atoms. The summed E-state index contributed by atoms with van der Waals surface area (Å²) in [7, 11) is 0. The van der Waals surface area contributed by atoms with Crippen LogP contribution in [0.2, 0.25) is 10.0 Å². The van der Waals surface area contributed by atoms with Crippen molar-refractivity contribution in [1.82, 2.24) is 5.32 Å². The van der Waals surface area contributed by atoms with Crippen molar-refractivity contribution in [1.29, 1.82) is 0 Å². The minimum atomic E-state index is -0.934. The third-order valence-electron chi connectivity index (χ3n) is 2.30. The molecule has 0 fully saturated rings. The maximum Gasteiger partial charge on any atom is 0.313 e. The number of carboxylic acid groups (broad SMARTS) is 1. The molecule has 0 saturated carbocycles. The normalized spacial score (nSPS) is 10.4. The van der Waals surface area contributed by atoms with E-state index in [-0.39, 0.29) is 17.4 Å². The molecule has 1 aromatic carbocycles. The first-order valence-electron chi connectivity index (χ1n) is 6.07. The van der Waals surface area contributed by atoms with Crippen molar-refractivity contribution in [3.63, 3.8) is 0 Å². The summed E-state index contributed by atoms with van der Waals surface area (Å²) in [5.74, 6) is -1.11. The lowest BCUT2D eigenvalue weighted by Crippen LogP contribution is -2.29. The van der Waals surface area contributed by atoms with Gasteiger partial charge in [0.2, 0.25) is 5.91 Å². The molecule has 116 valence electrons. The van der Waals surface area contributed by atoms with E-state index in [2.05, 4.69) is 5.32 Å². The van der Waals surface area contributed by atoms with Gasteiger partial charge in [0.15, 0.2) is 0 Å². The van der Waals surface area contributed by atoms with Crippen LogP contribution in [0.4, 0.5) is 0 Å². The van der Waals surface area contributed by atoms with Crippen LogP contribution in [0.25, 0.3) is 0 Å². The van der Waals surface area contributed by atoms with Crippen LogP contribution >= 0.6 is 35.0 Å². The number of hydrogen-bond donors (Lipinski definition) is 2. The maximum atomic E-state index is 11.3. The number of thioether (sulfide) groups is 1. The molecule has 1 rings (SSSR count). The molecular weight excluding hydrogens is 337 g/mol. The zero-order chi connectivity index (χ0) is 15.7. The number of amides is 1. The average molecular weight is 352 g/mol. The molecule has 0 aliphatic carbocycles. The second kappa shape index (κ2) is 9.89. The molecule has 0 aliphatic heterocycles. The van der Waals surface area contributed by atoms with Crippen molar-refractivity contribution >= 4 is 46.8 Å². The standard InChI is InChI=1S/C13H15Cl2NO4S/c14-10-2-1-9(11(15)5-10)6-20-4-3-16-12(17)7-21-8-13(18)19/h1-2,5H,3-4,6-8H2,(H,16,17)(H,18,19). The molecule has 1 amide bonds. The van der Waals surface area contributed by atoms with Gasteiger partial charge in [-0.25, -0.2) is 0 Å². The fraction of sp³-hybridized carbons (Fsp3) is 0.385. The van der Waals surface area contributed by atoms with Crippen molar-refractivity contribution in [3.05, 3.63) is 33.8 Å². The highest BCUT2D eigenvalue weighted by atomic mass is 35.5. The summed E-state index contributed by atoms with van der Waals surface area (Å²) in [5.41, 5.74) is 0.824. The van der Waals surface area contributed by atoms with E-state index in [1.54, 1.807) is 18.2 Å². The van der Waals surface area contributed by atoms with E-state index in [1.165, 1.54) is 0 Å². The highest BCUT2D eigenvalue weighted by molar-refractivity contribution is 8.00. The number of halogens is 2. The molecule has 0 unspecified atom stereocenters. The summed E-state index contributed by atoms with van der Waals surface area (Å²) in [5, 5.41) is 12.2. The molecule has 8 heteroatoms. The summed E-state index contributed by atoms with van der Waals surface area (Å²) in [6, 6.07) is 5.16. The highest BCUT2D eigenvalue weighted by Gasteiger charge is 2.04. The molecule has 0 aliphatic rings. The van der Waals surface area contributed by atoms with Crippen molar-refractivity contribution in [2.24, 2.45) is 0 Å². The Hall–Kier alpha value is -0.950. The minimum Gasteiger partial charge on any atom is -0.481 e. The monoisotopic (exact) mass is 351 g/mol. The number of benzene rings is 1. The first kappa shape index (κ1) is 18.1. The number of nitrogens with one attached hydrogen (secondary N) is 1. The van der Waals surface area contributed by atoms with E-state index in [0.29, 0.717) is 29.8 Å². The third kappa shape index (κ3) is 8.16. The molecule has 0 radical (unpaired) electrons. The van der Waals surface area contributed by atoms with Gasteiger partial charge >= 0.3 is 5.97 Å². The quantitative estimate of drug-likeness (QED) is 0.668. The number of rotatable bonds is 9. The SMILES string of the molecule is O=C(O)CSCC(=O)NCCOCc1ccc(Cl)cc1Cl. The van der Waals surface area contributed by atoms with Gasteiger partial charge in [0.25, 0.3) is 0 Å². The number of carbonyl (C=O) groups is 2. The summed E-state index contributed by atoms with van der Waals surface area (Å²) in [6.07, 6.45) is 0. The van der Waals surface area contributed by atoms with Gasteiger partial charge in [-0.3, -0.25) is 9.59 Å². The first-order valence-corrected chi connectivity index (χ1v) is 7.98. The largest absolute Gasteiger partial charge is 0.481 e. The van der Waals surface area contributed by atoms with Crippen LogP contribution < -0.4 is 5.32 Å². The van der Waals surface area contributed by atoms with Crippen LogP contribution in [0.1, 0.15) is 5.56 Å². The van der Waals surface area contributed by atoms with E-state index in [9.17, 15) is 9.59 Å². The fourth-order valence-corrected chi connectivity index (χ4v) is 2.39. The third-order valence-corrected chi connectivity index (χ3v) is 3.80. The van der Waals surface area contributed by atoms with E-state index in [4.69, 9.17) is 33.0 Å². The second-order valence-corrected chi connectivity index (χ2v) is 5.85. The predicted molar refractivity (Wildman–Crippen MR) is 84.1 cm³/mol. The van der Waals surface area contributed by atoms with Gasteiger partial charge < -0.3 is 15.2 Å². The van der Waals surface area contributed by atoms with Gasteiger partial charge in [0.05, 0.1) is 24.7 Å². The van der Waals surface area contributed by atoms with E-state index in [0.717, 1.165) is 17.3 Å². The number of carbonyl (C=O) groups excluding carboxylic acids is 1. The zero-order valence-corrected chi connectivity index (χ0v) is 13.4. The van der Waals surface area contributed by atoms with Gasteiger partial charge in [-0.15, -0.1) is 11.8 Å². The van der Waals surface area contributed by atoms with Crippen LogP contribution in [-0.4, -0.2) is 41.6 Å². The topological polar surface area (TPSA) is 75.6 Å². The van der Waals surface area contributed by atoms with E-state index in [1.807, 2.05) is 0 Å². The molecule has 0 aromatic heterocycles. The van der Waals surface area contributed by atoms with Crippen LogP contribution in [0.3, 0.4) is 0 Å². The van der Waals surface area contributed by atoms with Gasteiger partial charge in [-0.05, 0) is 17.7 Å². The highest BCUT2D eigenvalue weighted by Crippen LogP contribution is 2.21. The van der Waals surface area contributed by atoms with Crippen molar-refractivity contribution in [2.75, 3.05) is 24.7 Å². The van der Waals surface area contributed by atoms with E-state index >= 15 is 0 Å². The number of hydrogen-bond acceptors (Lipinski definition) is 4. The average Bonchev–Trinajstić information content (AvgIpc) is 2.40. The van der Waals surface area contributed by atoms with Crippen molar-refractivity contribution < 1.29 is 19.4 Å². The summed E-state index contributed by atoms with van der Waals surface area (Å²) in [6.45, 7) is 1.03. The Morgan fingerprint density at radius 3 is 2.71 bits per heavy atom. The molecule has 21 heavy (non-hydrogen) atoms. The molecule has 0 heterocycles. The Labute approximate surface area is 136 Å². The van der Waals surface area contributed by atoms with Crippen LogP contribution in [-0.2, 0) is 20.9 Å². The Balaban J connectivity index is 2.11. The molecular formula is C13H15Cl2NO4S. The van der Waals surface area contributed by atoms with Crippen molar-refractivity contribution in [3.8, 4) is 0 Å². The fourth-order valence-electron chi connectivity index (χ4n) is 1.37. The molecule has 0 atom stereocenters. The van der Waals surface area contributed by atoms with Crippen LogP contribution in [0, 0.1) is 0 Å². The Morgan fingerprint density at radius 1 is 1.29 bits per heavy atom. The van der Waals surface area contributed by atoms with Gasteiger partial charge in [0.1, 0.15) is 0 Å². The second-order valence-electron chi connectivity index (χ2n) is 4.02. The first-order chi connectivity index (χ1) is 9.99. The molecule has 5 nitrogen and oxygen atoms in total. The lowest BCUT2D eigenvalue weighted by molar-refractivity contribution is -0.133. The van der Waals surface area contributed by atoms with Gasteiger partial charge in [-0.2, -0.15) is 0 Å². The molecule has 0 saturated heterocycles. The number of ether oxygens (including phenoxy) is 1. The Kier molecular flexibility index (Phi) is 8.52. The lowest BCUT2D eigenvalue weighted by Gasteiger charge is -2.07. The summed E-state index contributed by atoms with van der Waals surface area (Å²) in [4.78, 5) is 21.6. The van der Waals surface area contributed by atoms with E-state index < -0.39 is 5.97 Å². The molecule has 2 N–H and O–H groups in total. The Morgan fingerprint density at radius 2 is 2.05 bits per heavy atom. The van der Waals surface area contributed by atoms with Crippen molar-refractivity contribution in [2.45, 2.75) is 6.61 Å². The maximum absolute atomic E-state index is 11.3. The number of aliphatic carboxylic acids is 1. The zero-order valence-electron chi connectivity index (χ0n) is 11.1. The number of carboxylic acids is 1. The summed E-state index contributed by atoms with van der Waals surface area (Å²) < 4.78 is 5.39. The molecule has 0 spiro atoms. The summed E-state index contributed by atoms with van der Waals surface area (Å²) >= 11 is 12.8. The predicted octanol–water partition coefficient (Wildman–Crippen LogP) is 2.44. The minimum absolute atomic E-state index is 0.0843. The molecule has 1 aromatic rings. The van der Waals surface area contributed by atoms with Crippen LogP contribution in [0.5, 0.6) is 0 Å². The van der Waals surface area contributed by atoms with Gasteiger partial charge in [-0.1, -0.05) is 29.3 Å². The lowest BCUT2D eigenvalue weighted by atomic mass is 10.2. The smallest absolute Gasteiger partial charge is 0.313 e. The van der Waals surface area contributed by atoms with Crippen LogP contribution in [0.15, 0.2) is 18.2 Å². The Bertz CT molecular complexity index is 499. The van der Waals surface area contributed by atoms with Gasteiger partial charge in [0, 0.05) is 16.6 Å².